The molecule has 1 atom stereocenters. The molecule has 1 aromatic rings. The molecular formula is C19H28N2O3. The van der Waals surface area contributed by atoms with E-state index in [2.05, 4.69) is 4.90 Å². The summed E-state index contributed by atoms with van der Waals surface area (Å²) in [6, 6.07) is 3.56. The fourth-order valence-electron chi connectivity index (χ4n) is 4.76. The van der Waals surface area contributed by atoms with Crippen LogP contribution in [0.2, 0.25) is 0 Å². The van der Waals surface area contributed by atoms with Crippen LogP contribution in [-0.4, -0.2) is 61.6 Å². The van der Waals surface area contributed by atoms with Gasteiger partial charge in [0.25, 0.3) is 5.91 Å². The van der Waals surface area contributed by atoms with E-state index in [1.54, 1.807) is 18.4 Å². The zero-order chi connectivity index (χ0) is 16.4. The van der Waals surface area contributed by atoms with Gasteiger partial charge in [-0.05, 0) is 56.7 Å². The van der Waals surface area contributed by atoms with Gasteiger partial charge in [0.15, 0.2) is 5.76 Å². The molecule has 0 aromatic carbocycles. The van der Waals surface area contributed by atoms with Crippen LogP contribution in [0.15, 0.2) is 22.8 Å². The average Bonchev–Trinajstić information content (AvgIpc) is 3.26. The lowest BCUT2D eigenvalue weighted by atomic mass is 9.79. The van der Waals surface area contributed by atoms with E-state index in [9.17, 15) is 4.79 Å². The van der Waals surface area contributed by atoms with E-state index in [-0.39, 0.29) is 5.91 Å². The Kier molecular flexibility index (Phi) is 4.63. The van der Waals surface area contributed by atoms with Crippen molar-refractivity contribution in [3.8, 4) is 0 Å². The molecule has 1 amide bonds. The van der Waals surface area contributed by atoms with Gasteiger partial charge in [-0.2, -0.15) is 0 Å². The normalized spacial score (nSPS) is 29.4. The molecule has 24 heavy (non-hydrogen) atoms. The van der Waals surface area contributed by atoms with Crippen molar-refractivity contribution in [1.29, 1.82) is 0 Å². The zero-order valence-corrected chi connectivity index (χ0v) is 14.4. The maximum atomic E-state index is 12.5. The first kappa shape index (κ1) is 16.2. The number of piperidine rings is 1. The lowest BCUT2D eigenvalue weighted by molar-refractivity contribution is 0.0307. The second kappa shape index (κ2) is 6.89. The lowest BCUT2D eigenvalue weighted by Crippen LogP contribution is -2.47. The van der Waals surface area contributed by atoms with Gasteiger partial charge in [0.05, 0.1) is 6.26 Å². The highest BCUT2D eigenvalue weighted by atomic mass is 16.5. The number of likely N-dealkylation sites (tertiary alicyclic amines) is 2. The Balaban J connectivity index is 1.36. The van der Waals surface area contributed by atoms with Crippen LogP contribution in [0.1, 0.15) is 42.7 Å². The number of rotatable bonds is 3. The van der Waals surface area contributed by atoms with E-state index in [0.717, 1.165) is 45.2 Å². The second-order valence-electron chi connectivity index (χ2n) is 7.85. The van der Waals surface area contributed by atoms with Gasteiger partial charge in [0.2, 0.25) is 0 Å². The largest absolute Gasteiger partial charge is 0.459 e. The Morgan fingerprint density at radius 2 is 2.08 bits per heavy atom. The molecule has 5 nitrogen and oxygen atoms in total. The molecule has 0 bridgehead atoms. The van der Waals surface area contributed by atoms with Gasteiger partial charge in [-0.15, -0.1) is 0 Å². The van der Waals surface area contributed by atoms with Crippen molar-refractivity contribution >= 4 is 5.91 Å². The van der Waals surface area contributed by atoms with Gasteiger partial charge in [0, 0.05) is 44.8 Å². The molecular weight excluding hydrogens is 304 g/mol. The van der Waals surface area contributed by atoms with E-state index < -0.39 is 0 Å². The highest BCUT2D eigenvalue weighted by Gasteiger charge is 2.43. The van der Waals surface area contributed by atoms with Crippen molar-refractivity contribution in [2.24, 2.45) is 11.3 Å². The summed E-state index contributed by atoms with van der Waals surface area (Å²) in [5.41, 5.74) is 0.297. The highest BCUT2D eigenvalue weighted by molar-refractivity contribution is 5.91. The van der Waals surface area contributed by atoms with Crippen LogP contribution in [0.4, 0.5) is 0 Å². The van der Waals surface area contributed by atoms with Crippen molar-refractivity contribution in [3.63, 3.8) is 0 Å². The van der Waals surface area contributed by atoms with Crippen molar-refractivity contribution < 1.29 is 13.9 Å². The van der Waals surface area contributed by atoms with Crippen molar-refractivity contribution in [2.45, 2.75) is 32.1 Å². The third-order valence-corrected chi connectivity index (χ3v) is 6.06. The van der Waals surface area contributed by atoms with Gasteiger partial charge in [0.1, 0.15) is 0 Å². The summed E-state index contributed by atoms with van der Waals surface area (Å²) >= 11 is 0. The molecule has 0 N–H and O–H groups in total. The maximum Gasteiger partial charge on any atom is 0.289 e. The minimum atomic E-state index is 0.0541. The Morgan fingerprint density at radius 3 is 2.88 bits per heavy atom. The molecule has 4 rings (SSSR count). The maximum absolute atomic E-state index is 12.5. The Hall–Kier alpha value is -1.33. The fourth-order valence-corrected chi connectivity index (χ4v) is 4.76. The standard InChI is InChI=1S/C19H28N2O3/c22-18(17-3-1-10-24-17)21-9-7-19(15-21)6-2-8-20(14-19)13-16-4-11-23-12-5-16/h1,3,10,16H,2,4-9,11-15H2. The van der Waals surface area contributed by atoms with Gasteiger partial charge in [-0.25, -0.2) is 0 Å². The van der Waals surface area contributed by atoms with Crippen LogP contribution in [0.25, 0.3) is 0 Å². The summed E-state index contributed by atoms with van der Waals surface area (Å²) in [7, 11) is 0. The summed E-state index contributed by atoms with van der Waals surface area (Å²) in [6.45, 7) is 7.17. The van der Waals surface area contributed by atoms with Crippen LogP contribution in [0.3, 0.4) is 0 Å². The van der Waals surface area contributed by atoms with Crippen LogP contribution in [0, 0.1) is 11.3 Å². The summed E-state index contributed by atoms with van der Waals surface area (Å²) in [4.78, 5) is 17.2. The van der Waals surface area contributed by atoms with Crippen molar-refractivity contribution in [3.05, 3.63) is 24.2 Å². The van der Waals surface area contributed by atoms with E-state index in [0.29, 0.717) is 11.2 Å². The predicted octanol–water partition coefficient (Wildman–Crippen LogP) is 2.63. The smallest absolute Gasteiger partial charge is 0.289 e. The molecule has 1 aromatic heterocycles. The molecule has 0 saturated carbocycles. The molecule has 132 valence electrons. The van der Waals surface area contributed by atoms with Crippen molar-refractivity contribution in [1.82, 2.24) is 9.80 Å². The fraction of sp³-hybridized carbons (Fsp3) is 0.737. The number of hydrogen-bond acceptors (Lipinski definition) is 4. The second-order valence-corrected chi connectivity index (χ2v) is 7.85. The molecule has 4 heterocycles. The summed E-state index contributed by atoms with van der Waals surface area (Å²) in [6.07, 6.45) is 7.61. The SMILES string of the molecule is O=C(c1ccco1)N1CCC2(CCCN(CC3CCOCC3)C2)C1. The minimum Gasteiger partial charge on any atom is -0.459 e. The van der Waals surface area contributed by atoms with Gasteiger partial charge >= 0.3 is 0 Å². The van der Waals surface area contributed by atoms with Gasteiger partial charge < -0.3 is 19.0 Å². The molecule has 1 spiro atoms. The Bertz CT molecular complexity index is 553. The molecule has 0 aliphatic carbocycles. The number of nitrogens with zero attached hydrogens (tertiary/aromatic N) is 2. The molecule has 1 unspecified atom stereocenters. The molecule has 3 aliphatic rings. The van der Waals surface area contributed by atoms with E-state index in [1.807, 2.05) is 4.90 Å². The average molecular weight is 332 g/mol. The molecule has 3 saturated heterocycles. The number of hydrogen-bond donors (Lipinski definition) is 0. The summed E-state index contributed by atoms with van der Waals surface area (Å²) < 4.78 is 10.8. The van der Waals surface area contributed by atoms with Crippen LogP contribution < -0.4 is 0 Å². The highest BCUT2D eigenvalue weighted by Crippen LogP contribution is 2.39. The first-order valence-electron chi connectivity index (χ1n) is 9.37. The van der Waals surface area contributed by atoms with E-state index in [1.165, 1.54) is 38.8 Å². The molecule has 5 heteroatoms. The van der Waals surface area contributed by atoms with Crippen molar-refractivity contribution in [2.75, 3.05) is 45.9 Å². The first-order chi connectivity index (χ1) is 11.7. The lowest BCUT2D eigenvalue weighted by Gasteiger charge is -2.42. The quantitative estimate of drug-likeness (QED) is 0.854. The zero-order valence-electron chi connectivity index (χ0n) is 14.4. The Labute approximate surface area is 143 Å². The minimum absolute atomic E-state index is 0.0541. The predicted molar refractivity (Wildman–Crippen MR) is 90.9 cm³/mol. The van der Waals surface area contributed by atoms with Crippen LogP contribution in [-0.2, 0) is 4.74 Å². The van der Waals surface area contributed by atoms with Gasteiger partial charge in [-0.3, -0.25) is 4.79 Å². The van der Waals surface area contributed by atoms with E-state index in [4.69, 9.17) is 9.15 Å². The third kappa shape index (κ3) is 3.38. The number of carbonyl (C=O) groups excluding carboxylic acids is 1. The van der Waals surface area contributed by atoms with Crippen LogP contribution >= 0.6 is 0 Å². The number of carbonyl (C=O) groups is 1. The summed E-state index contributed by atoms with van der Waals surface area (Å²) in [5.74, 6) is 1.32. The number of furan rings is 1. The number of ether oxygens (including phenoxy) is 1. The first-order valence-corrected chi connectivity index (χ1v) is 9.37. The number of amides is 1. The molecule has 3 fully saturated rings. The van der Waals surface area contributed by atoms with E-state index >= 15 is 0 Å². The topological polar surface area (TPSA) is 45.9 Å². The molecule has 3 aliphatic heterocycles. The third-order valence-electron chi connectivity index (χ3n) is 6.06. The monoisotopic (exact) mass is 332 g/mol. The molecule has 0 radical (unpaired) electrons. The Morgan fingerprint density at radius 1 is 1.21 bits per heavy atom. The summed E-state index contributed by atoms with van der Waals surface area (Å²) in [5, 5.41) is 0. The van der Waals surface area contributed by atoms with Gasteiger partial charge in [-0.1, -0.05) is 0 Å². The van der Waals surface area contributed by atoms with Crippen LogP contribution in [0.5, 0.6) is 0 Å².